The van der Waals surface area contributed by atoms with Crippen LogP contribution in [-0.2, 0) is 9.53 Å². The fourth-order valence-corrected chi connectivity index (χ4v) is 2.58. The maximum absolute atomic E-state index is 12.2. The Bertz CT molecular complexity index is 501. The quantitative estimate of drug-likeness (QED) is 0.809. The van der Waals surface area contributed by atoms with E-state index in [1.807, 2.05) is 31.2 Å². The zero-order valence-corrected chi connectivity index (χ0v) is 14.2. The van der Waals surface area contributed by atoms with Gasteiger partial charge in [0.1, 0.15) is 11.9 Å². The van der Waals surface area contributed by atoms with Gasteiger partial charge in [-0.1, -0.05) is 26.0 Å². The molecule has 0 bridgehead atoms. The third-order valence-electron chi connectivity index (χ3n) is 3.99. The maximum Gasteiger partial charge on any atom is 0.249 e. The number of nitrogens with one attached hydrogen (secondary N) is 1. The molecule has 3 N–H and O–H groups in total. The van der Waals surface area contributed by atoms with Crippen LogP contribution < -0.4 is 15.8 Å². The van der Waals surface area contributed by atoms with Crippen LogP contribution in [0, 0.1) is 5.92 Å². The zero-order valence-electron chi connectivity index (χ0n) is 14.2. The fraction of sp³-hybridized carbons (Fsp3) is 0.611. The van der Waals surface area contributed by atoms with Crippen molar-refractivity contribution in [1.82, 2.24) is 5.32 Å². The lowest BCUT2D eigenvalue weighted by molar-refractivity contribution is -0.132. The Kier molecular flexibility index (Phi) is 6.42. The standard InChI is InChI=1S/C18H28N2O3/c1-12(2)11-22-15-6-4-14(5-7-15)13(3)20-18(21)17-9-8-16(10-19)23-17/h4-7,12-13,16-17H,8-11,19H2,1-3H3,(H,20,21)/t13?,16-,17+/m1/s1. The summed E-state index contributed by atoms with van der Waals surface area (Å²) < 4.78 is 11.3. The summed E-state index contributed by atoms with van der Waals surface area (Å²) in [6.45, 7) is 7.37. The highest BCUT2D eigenvalue weighted by Crippen LogP contribution is 2.22. The van der Waals surface area contributed by atoms with Crippen LogP contribution in [0.5, 0.6) is 5.75 Å². The Morgan fingerprint density at radius 3 is 2.57 bits per heavy atom. The van der Waals surface area contributed by atoms with Gasteiger partial charge < -0.3 is 20.5 Å². The van der Waals surface area contributed by atoms with Crippen molar-refractivity contribution in [2.45, 2.75) is 51.9 Å². The first-order valence-electron chi connectivity index (χ1n) is 8.38. The molecular weight excluding hydrogens is 292 g/mol. The van der Waals surface area contributed by atoms with Crippen LogP contribution in [0.3, 0.4) is 0 Å². The van der Waals surface area contributed by atoms with Gasteiger partial charge in [-0.05, 0) is 43.4 Å². The summed E-state index contributed by atoms with van der Waals surface area (Å²) in [5.41, 5.74) is 6.62. The van der Waals surface area contributed by atoms with Gasteiger partial charge in [0, 0.05) is 6.54 Å². The monoisotopic (exact) mass is 320 g/mol. The summed E-state index contributed by atoms with van der Waals surface area (Å²) in [6.07, 6.45) is 1.23. The van der Waals surface area contributed by atoms with E-state index in [1.54, 1.807) is 0 Å². The number of carbonyl (C=O) groups excluding carboxylic acids is 1. The number of benzene rings is 1. The number of rotatable bonds is 7. The second kappa shape index (κ2) is 8.31. The van der Waals surface area contributed by atoms with Crippen LogP contribution in [0.4, 0.5) is 0 Å². The highest BCUT2D eigenvalue weighted by molar-refractivity contribution is 5.81. The summed E-state index contributed by atoms with van der Waals surface area (Å²) in [7, 11) is 0. The van der Waals surface area contributed by atoms with Crippen molar-refractivity contribution >= 4 is 5.91 Å². The zero-order chi connectivity index (χ0) is 16.8. The highest BCUT2D eigenvalue weighted by Gasteiger charge is 2.30. The molecule has 5 nitrogen and oxygen atoms in total. The molecule has 0 radical (unpaired) electrons. The molecule has 23 heavy (non-hydrogen) atoms. The molecule has 5 heteroatoms. The molecule has 1 amide bonds. The Labute approximate surface area is 138 Å². The topological polar surface area (TPSA) is 73.6 Å². The summed E-state index contributed by atoms with van der Waals surface area (Å²) in [5, 5.41) is 3.01. The third kappa shape index (κ3) is 5.22. The lowest BCUT2D eigenvalue weighted by Crippen LogP contribution is -2.36. The van der Waals surface area contributed by atoms with E-state index < -0.39 is 0 Å². The summed E-state index contributed by atoms with van der Waals surface area (Å²) in [6, 6.07) is 7.79. The molecule has 1 aromatic rings. The van der Waals surface area contributed by atoms with Gasteiger partial charge in [-0.2, -0.15) is 0 Å². The maximum atomic E-state index is 12.2. The second-order valence-electron chi connectivity index (χ2n) is 6.56. The van der Waals surface area contributed by atoms with Gasteiger partial charge in [0.2, 0.25) is 5.91 Å². The minimum atomic E-state index is -0.375. The number of hydrogen-bond donors (Lipinski definition) is 2. The van der Waals surface area contributed by atoms with Gasteiger partial charge in [0.05, 0.1) is 18.8 Å². The first-order valence-corrected chi connectivity index (χ1v) is 8.38. The SMILES string of the molecule is CC(C)COc1ccc(C(C)NC(=O)[C@@H]2CC[C@H](CN)O2)cc1. The molecule has 1 aliphatic rings. The van der Waals surface area contributed by atoms with Crippen LogP contribution in [-0.4, -0.2) is 31.3 Å². The van der Waals surface area contributed by atoms with E-state index in [9.17, 15) is 4.79 Å². The van der Waals surface area contributed by atoms with Crippen LogP contribution in [0.15, 0.2) is 24.3 Å². The molecule has 0 saturated carbocycles. The predicted molar refractivity (Wildman–Crippen MR) is 90.3 cm³/mol. The second-order valence-corrected chi connectivity index (χ2v) is 6.56. The Morgan fingerprint density at radius 1 is 1.30 bits per heavy atom. The third-order valence-corrected chi connectivity index (χ3v) is 3.99. The van der Waals surface area contributed by atoms with Crippen LogP contribution >= 0.6 is 0 Å². The van der Waals surface area contributed by atoms with Crippen molar-refractivity contribution in [3.8, 4) is 5.75 Å². The van der Waals surface area contributed by atoms with Gasteiger partial charge in [-0.3, -0.25) is 4.79 Å². The molecule has 0 aromatic heterocycles. The van der Waals surface area contributed by atoms with E-state index in [1.165, 1.54) is 0 Å². The van der Waals surface area contributed by atoms with Gasteiger partial charge in [0.15, 0.2) is 0 Å². The molecule has 1 unspecified atom stereocenters. The van der Waals surface area contributed by atoms with Crippen molar-refractivity contribution in [1.29, 1.82) is 0 Å². The Morgan fingerprint density at radius 2 is 2.00 bits per heavy atom. The molecule has 1 saturated heterocycles. The molecule has 1 aliphatic heterocycles. The summed E-state index contributed by atoms with van der Waals surface area (Å²) >= 11 is 0. The van der Waals surface area contributed by atoms with E-state index in [2.05, 4.69) is 19.2 Å². The van der Waals surface area contributed by atoms with Crippen molar-refractivity contribution in [2.75, 3.05) is 13.2 Å². The number of carbonyl (C=O) groups is 1. The summed E-state index contributed by atoms with van der Waals surface area (Å²) in [5.74, 6) is 1.29. The highest BCUT2D eigenvalue weighted by atomic mass is 16.5. The minimum absolute atomic E-state index is 0.0124. The van der Waals surface area contributed by atoms with E-state index >= 15 is 0 Å². The van der Waals surface area contributed by atoms with Crippen molar-refractivity contribution in [3.63, 3.8) is 0 Å². The van der Waals surface area contributed by atoms with Crippen LogP contribution in [0.2, 0.25) is 0 Å². The normalized spacial score (nSPS) is 22.1. The molecule has 1 heterocycles. The largest absolute Gasteiger partial charge is 0.493 e. The molecule has 2 rings (SSSR count). The molecule has 1 aromatic carbocycles. The molecule has 128 valence electrons. The van der Waals surface area contributed by atoms with Crippen molar-refractivity contribution in [3.05, 3.63) is 29.8 Å². The minimum Gasteiger partial charge on any atom is -0.493 e. The van der Waals surface area contributed by atoms with Gasteiger partial charge >= 0.3 is 0 Å². The van der Waals surface area contributed by atoms with E-state index in [0.29, 0.717) is 19.1 Å². The molecular formula is C18H28N2O3. The van der Waals surface area contributed by atoms with Crippen molar-refractivity contribution in [2.24, 2.45) is 11.7 Å². The van der Waals surface area contributed by atoms with Gasteiger partial charge in [-0.25, -0.2) is 0 Å². The lowest BCUT2D eigenvalue weighted by atomic mass is 10.1. The number of amides is 1. The molecule has 1 fully saturated rings. The van der Waals surface area contributed by atoms with E-state index in [0.717, 1.165) is 24.2 Å². The molecule has 0 spiro atoms. The molecule has 3 atom stereocenters. The number of nitrogens with two attached hydrogens (primary N) is 1. The van der Waals surface area contributed by atoms with E-state index in [-0.39, 0.29) is 24.2 Å². The van der Waals surface area contributed by atoms with Gasteiger partial charge in [0.25, 0.3) is 0 Å². The van der Waals surface area contributed by atoms with Crippen molar-refractivity contribution < 1.29 is 14.3 Å². The lowest BCUT2D eigenvalue weighted by Gasteiger charge is -2.18. The van der Waals surface area contributed by atoms with Gasteiger partial charge in [-0.15, -0.1) is 0 Å². The summed E-state index contributed by atoms with van der Waals surface area (Å²) in [4.78, 5) is 12.2. The fourth-order valence-electron chi connectivity index (χ4n) is 2.58. The molecule has 0 aliphatic carbocycles. The predicted octanol–water partition coefficient (Wildman–Crippen LogP) is 2.40. The van der Waals surface area contributed by atoms with Crippen LogP contribution in [0.1, 0.15) is 45.2 Å². The first kappa shape index (κ1) is 17.8. The number of hydrogen-bond acceptors (Lipinski definition) is 4. The average Bonchev–Trinajstić information content (AvgIpc) is 3.02. The average molecular weight is 320 g/mol. The first-order chi connectivity index (χ1) is 11.0. The smallest absolute Gasteiger partial charge is 0.249 e. The number of ether oxygens (including phenoxy) is 2. The Hall–Kier alpha value is -1.59. The Balaban J connectivity index is 1.85. The van der Waals surface area contributed by atoms with E-state index in [4.69, 9.17) is 15.2 Å². The van der Waals surface area contributed by atoms with Crippen LogP contribution in [0.25, 0.3) is 0 Å².